The van der Waals surface area contributed by atoms with E-state index in [1.807, 2.05) is 24.8 Å². The highest BCUT2D eigenvalue weighted by atomic mass is 16.5. The number of imidazole rings is 1. The van der Waals surface area contributed by atoms with Crippen molar-refractivity contribution in [3.8, 4) is 0 Å². The van der Waals surface area contributed by atoms with E-state index in [0.29, 0.717) is 19.0 Å². The van der Waals surface area contributed by atoms with E-state index in [1.165, 1.54) is 24.8 Å². The van der Waals surface area contributed by atoms with Gasteiger partial charge in [0.05, 0.1) is 19.3 Å². The number of rotatable bonds is 7. The van der Waals surface area contributed by atoms with Gasteiger partial charge in [-0.1, -0.05) is 23.8 Å². The van der Waals surface area contributed by atoms with Gasteiger partial charge in [0.2, 0.25) is 5.95 Å². The van der Waals surface area contributed by atoms with Gasteiger partial charge in [0.1, 0.15) is 0 Å². The molecule has 1 aromatic carbocycles. The van der Waals surface area contributed by atoms with Crippen molar-refractivity contribution in [3.63, 3.8) is 0 Å². The largest absolute Gasteiger partial charge is 0.453 e. The van der Waals surface area contributed by atoms with Crippen LogP contribution in [0.4, 0.5) is 16.4 Å². The third-order valence-corrected chi connectivity index (χ3v) is 6.59. The summed E-state index contributed by atoms with van der Waals surface area (Å²) in [6.45, 7) is 5.09. The zero-order chi connectivity index (χ0) is 27.6. The Hall–Kier alpha value is -4.19. The number of ketones is 1. The van der Waals surface area contributed by atoms with Gasteiger partial charge in [0.15, 0.2) is 16.9 Å². The Morgan fingerprint density at radius 3 is 2.63 bits per heavy atom. The number of aryl methyl sites for hydroxylation is 1. The Morgan fingerprint density at radius 2 is 1.95 bits per heavy atom. The number of amides is 1. The number of fused-ring (bicyclic) bond motifs is 1. The molecule has 12 nitrogen and oxygen atoms in total. The number of para-hydroxylation sites is 1. The monoisotopic (exact) mass is 523 g/mol. The van der Waals surface area contributed by atoms with Crippen molar-refractivity contribution >= 4 is 34.7 Å². The van der Waals surface area contributed by atoms with E-state index in [9.17, 15) is 19.2 Å². The molecule has 38 heavy (non-hydrogen) atoms. The highest BCUT2D eigenvalue weighted by molar-refractivity contribution is 6.03. The van der Waals surface area contributed by atoms with Crippen LogP contribution >= 0.6 is 0 Å². The van der Waals surface area contributed by atoms with Gasteiger partial charge in [-0.2, -0.15) is 4.98 Å². The molecule has 1 amide bonds. The predicted octanol–water partition coefficient (Wildman–Crippen LogP) is 1.85. The molecule has 202 valence electrons. The highest BCUT2D eigenvalue weighted by Crippen LogP contribution is 2.23. The standard InChI is InChI=1S/C26H33N7O5/c1-16(2)11-13-32-21-22(29-24(32)31-12-7-8-17(27)14-31)30(3)26(37)33(23(21)35)15-20(34)18-9-5-6-10-19(18)28-25(36)38-4/h5-6,9-11,17H,7-8,12-15,27H2,1-4H3,(H,28,36). The summed E-state index contributed by atoms with van der Waals surface area (Å²) < 4.78 is 8.61. The molecule has 1 saturated heterocycles. The average molecular weight is 524 g/mol. The van der Waals surface area contributed by atoms with Crippen LogP contribution in [-0.4, -0.2) is 56.8 Å². The average Bonchev–Trinajstić information content (AvgIpc) is 3.28. The van der Waals surface area contributed by atoms with Crippen molar-refractivity contribution in [2.45, 2.75) is 45.8 Å². The SMILES string of the molecule is COC(=O)Nc1ccccc1C(=O)Cn1c(=O)c2c(nc(N3CCCC(N)C3)n2CC=C(C)C)n(C)c1=O. The second kappa shape index (κ2) is 11.1. The highest BCUT2D eigenvalue weighted by Gasteiger charge is 2.27. The lowest BCUT2D eigenvalue weighted by Crippen LogP contribution is -2.44. The molecule has 1 fully saturated rings. The molecule has 0 saturated carbocycles. The minimum Gasteiger partial charge on any atom is -0.453 e. The topological polar surface area (TPSA) is 146 Å². The number of methoxy groups -OCH3 is 1. The van der Waals surface area contributed by atoms with E-state index in [1.54, 1.807) is 22.8 Å². The van der Waals surface area contributed by atoms with Crippen LogP contribution in [-0.2, 0) is 24.9 Å². The third kappa shape index (κ3) is 5.25. The van der Waals surface area contributed by atoms with Gasteiger partial charge in [-0.15, -0.1) is 0 Å². The molecule has 3 aromatic rings. The van der Waals surface area contributed by atoms with E-state index in [4.69, 9.17) is 10.7 Å². The number of hydrogen-bond donors (Lipinski definition) is 2. The number of nitrogens with zero attached hydrogens (tertiary/aromatic N) is 5. The number of aromatic nitrogens is 4. The van der Waals surface area contributed by atoms with Gasteiger partial charge >= 0.3 is 11.8 Å². The van der Waals surface area contributed by atoms with Crippen LogP contribution in [0.25, 0.3) is 11.2 Å². The van der Waals surface area contributed by atoms with Gasteiger partial charge in [-0.3, -0.25) is 24.0 Å². The molecule has 0 aliphatic carbocycles. The zero-order valence-electron chi connectivity index (χ0n) is 22.1. The van der Waals surface area contributed by atoms with Crippen molar-refractivity contribution in [1.29, 1.82) is 0 Å². The number of anilines is 2. The van der Waals surface area contributed by atoms with E-state index < -0.39 is 29.7 Å². The Balaban J connectivity index is 1.84. The number of piperidine rings is 1. The predicted molar refractivity (Wildman–Crippen MR) is 145 cm³/mol. The Morgan fingerprint density at radius 1 is 1.21 bits per heavy atom. The summed E-state index contributed by atoms with van der Waals surface area (Å²) in [5.74, 6) is 0.0459. The molecular formula is C26H33N7O5. The minimum absolute atomic E-state index is 0.0165. The van der Waals surface area contributed by atoms with Gasteiger partial charge in [-0.05, 0) is 38.8 Å². The summed E-state index contributed by atoms with van der Waals surface area (Å²) >= 11 is 0. The maximum atomic E-state index is 13.8. The molecular weight excluding hydrogens is 490 g/mol. The maximum absolute atomic E-state index is 13.8. The first-order valence-electron chi connectivity index (χ1n) is 12.4. The lowest BCUT2D eigenvalue weighted by molar-refractivity contribution is 0.0969. The molecule has 0 spiro atoms. The van der Waals surface area contributed by atoms with Gasteiger partial charge in [0.25, 0.3) is 5.56 Å². The normalized spacial score (nSPS) is 15.4. The van der Waals surface area contributed by atoms with Gasteiger partial charge in [-0.25, -0.2) is 9.59 Å². The first-order chi connectivity index (χ1) is 18.1. The van der Waals surface area contributed by atoms with E-state index in [-0.39, 0.29) is 28.5 Å². The number of nitrogens with two attached hydrogens (primary N) is 1. The number of ether oxygens (including phenoxy) is 1. The number of allylic oxidation sites excluding steroid dienone is 2. The fourth-order valence-electron chi connectivity index (χ4n) is 4.60. The second-order valence-electron chi connectivity index (χ2n) is 9.64. The molecule has 12 heteroatoms. The van der Waals surface area contributed by atoms with Crippen LogP contribution in [0.2, 0.25) is 0 Å². The first-order valence-corrected chi connectivity index (χ1v) is 12.4. The molecule has 1 aliphatic heterocycles. The van der Waals surface area contributed by atoms with Crippen LogP contribution in [0.3, 0.4) is 0 Å². The molecule has 1 atom stereocenters. The van der Waals surface area contributed by atoms with Gasteiger partial charge in [0, 0.05) is 38.3 Å². The number of carbonyl (C=O) groups excluding carboxylic acids is 2. The van der Waals surface area contributed by atoms with Crippen molar-refractivity contribution in [2.24, 2.45) is 12.8 Å². The quantitative estimate of drug-likeness (QED) is 0.352. The van der Waals surface area contributed by atoms with Crippen molar-refractivity contribution in [2.75, 3.05) is 30.4 Å². The maximum Gasteiger partial charge on any atom is 0.411 e. The van der Waals surface area contributed by atoms with E-state index >= 15 is 0 Å². The molecule has 3 heterocycles. The number of carbonyl (C=O) groups is 2. The van der Waals surface area contributed by atoms with Crippen LogP contribution in [0.1, 0.15) is 37.0 Å². The lowest BCUT2D eigenvalue weighted by atomic mass is 10.1. The summed E-state index contributed by atoms with van der Waals surface area (Å²) in [6, 6.07) is 6.31. The first kappa shape index (κ1) is 26.9. The number of hydrogen-bond acceptors (Lipinski definition) is 8. The number of nitrogens with one attached hydrogen (secondary N) is 1. The molecule has 0 bridgehead atoms. The molecule has 1 aliphatic rings. The lowest BCUT2D eigenvalue weighted by Gasteiger charge is -2.31. The molecule has 0 radical (unpaired) electrons. The summed E-state index contributed by atoms with van der Waals surface area (Å²) in [4.78, 5) is 58.8. The molecule has 4 rings (SSSR count). The Labute approximate surface area is 219 Å². The Kier molecular flexibility index (Phi) is 7.81. The summed E-state index contributed by atoms with van der Waals surface area (Å²) in [6.07, 6.45) is 3.03. The van der Waals surface area contributed by atoms with Gasteiger partial charge < -0.3 is 19.9 Å². The summed E-state index contributed by atoms with van der Waals surface area (Å²) in [5, 5.41) is 2.49. The Bertz CT molecular complexity index is 1530. The molecule has 3 N–H and O–H groups in total. The number of Topliss-reactive ketones (excluding diaryl/α,β-unsaturated/α-hetero) is 1. The van der Waals surface area contributed by atoms with Crippen molar-refractivity contribution in [1.82, 2.24) is 18.7 Å². The van der Waals surface area contributed by atoms with Crippen LogP contribution < -0.4 is 27.2 Å². The van der Waals surface area contributed by atoms with Crippen molar-refractivity contribution < 1.29 is 14.3 Å². The fourth-order valence-corrected chi connectivity index (χ4v) is 4.60. The minimum atomic E-state index is -0.743. The summed E-state index contributed by atoms with van der Waals surface area (Å²) in [7, 11) is 2.74. The van der Waals surface area contributed by atoms with Crippen LogP contribution in [0, 0.1) is 0 Å². The van der Waals surface area contributed by atoms with Crippen LogP contribution in [0.15, 0.2) is 45.5 Å². The fraction of sp³-hybridized carbons (Fsp3) is 0.423. The molecule has 1 unspecified atom stereocenters. The van der Waals surface area contributed by atoms with E-state index in [0.717, 1.165) is 29.5 Å². The smallest absolute Gasteiger partial charge is 0.411 e. The van der Waals surface area contributed by atoms with Crippen molar-refractivity contribution in [3.05, 3.63) is 62.3 Å². The summed E-state index contributed by atoms with van der Waals surface area (Å²) in [5.41, 5.74) is 6.83. The molecule has 2 aromatic heterocycles. The van der Waals surface area contributed by atoms with E-state index in [2.05, 4.69) is 10.1 Å². The zero-order valence-corrected chi connectivity index (χ0v) is 22.1. The second-order valence-corrected chi connectivity index (χ2v) is 9.64. The third-order valence-electron chi connectivity index (χ3n) is 6.59. The van der Waals surface area contributed by atoms with Crippen LogP contribution in [0.5, 0.6) is 0 Å². The number of benzene rings is 1.